The monoisotopic (exact) mass is 143 g/mol. The molecule has 0 aromatic rings. The van der Waals surface area contributed by atoms with Crippen molar-refractivity contribution in [3.63, 3.8) is 0 Å². The van der Waals surface area contributed by atoms with Gasteiger partial charge in [-0.25, -0.2) is 0 Å². The van der Waals surface area contributed by atoms with Gasteiger partial charge in [-0.1, -0.05) is 0 Å². The lowest BCUT2D eigenvalue weighted by atomic mass is 10.4. The molecule has 4 nitrogen and oxygen atoms in total. The van der Waals surface area contributed by atoms with E-state index in [1.807, 2.05) is 0 Å². The van der Waals surface area contributed by atoms with E-state index < -0.39 is 0 Å². The largest absolute Gasteiger partial charge is 0.513 e. The summed E-state index contributed by atoms with van der Waals surface area (Å²) in [5.41, 5.74) is -0.0486. The predicted molar refractivity (Wildman–Crippen MR) is 35.2 cm³/mol. The van der Waals surface area contributed by atoms with Gasteiger partial charge in [0.05, 0.1) is 0 Å². The van der Waals surface area contributed by atoms with Crippen LogP contribution >= 0.6 is 0 Å². The molecule has 0 aliphatic rings. The second-order valence-electron chi connectivity index (χ2n) is 1.75. The molecule has 0 spiro atoms. The summed E-state index contributed by atoms with van der Waals surface area (Å²) >= 11 is 0. The number of hydrogen-bond donors (Lipinski definition) is 1. The number of hydrogen-bond acceptors (Lipinski definition) is 3. The summed E-state index contributed by atoms with van der Waals surface area (Å²) in [6.45, 7) is 1.30. The minimum absolute atomic E-state index is 0.0486. The first-order valence-corrected chi connectivity index (χ1v) is 2.67. The first kappa shape index (κ1) is 8.68. The Morgan fingerprint density at radius 3 is 2.20 bits per heavy atom. The van der Waals surface area contributed by atoms with Crippen molar-refractivity contribution in [2.75, 3.05) is 7.05 Å². The van der Waals surface area contributed by atoms with Crippen molar-refractivity contribution in [2.24, 2.45) is 0 Å². The van der Waals surface area contributed by atoms with E-state index in [1.54, 1.807) is 0 Å². The number of rotatable bonds is 2. The summed E-state index contributed by atoms with van der Waals surface area (Å²) in [6, 6.07) is 0. The van der Waals surface area contributed by atoms with Crippen molar-refractivity contribution >= 4 is 12.2 Å². The van der Waals surface area contributed by atoms with Crippen LogP contribution in [0.4, 0.5) is 0 Å². The maximum atomic E-state index is 10.5. The third-order valence-corrected chi connectivity index (χ3v) is 1.11. The zero-order chi connectivity index (χ0) is 8.15. The highest BCUT2D eigenvalue weighted by molar-refractivity contribution is 5.83. The van der Waals surface area contributed by atoms with Gasteiger partial charge in [0.15, 0.2) is 6.29 Å². The molecule has 1 amide bonds. The number of amides is 1. The molecule has 1 N–H and O–H groups in total. The van der Waals surface area contributed by atoms with Crippen molar-refractivity contribution < 1.29 is 14.7 Å². The average molecular weight is 143 g/mol. The van der Waals surface area contributed by atoms with Crippen LogP contribution < -0.4 is 0 Å². The average Bonchev–Trinajstić information content (AvgIpc) is 1.90. The van der Waals surface area contributed by atoms with Gasteiger partial charge in [0.1, 0.15) is 12.0 Å². The van der Waals surface area contributed by atoms with Gasteiger partial charge >= 0.3 is 0 Å². The van der Waals surface area contributed by atoms with Crippen LogP contribution in [0.5, 0.6) is 0 Å². The lowest BCUT2D eigenvalue weighted by molar-refractivity contribution is -0.127. The van der Waals surface area contributed by atoms with E-state index in [0.29, 0.717) is 12.5 Å². The number of aliphatic hydroxyl groups is 1. The fourth-order valence-electron chi connectivity index (χ4n) is 0.378. The SMILES string of the molecule is CC(=O)N(C)/C(C=O)=C\O. The number of carbonyl (C=O) groups excluding carboxylic acids is 2. The lowest BCUT2D eigenvalue weighted by Crippen LogP contribution is -2.23. The molecule has 10 heavy (non-hydrogen) atoms. The third kappa shape index (κ3) is 1.89. The van der Waals surface area contributed by atoms with Crippen molar-refractivity contribution in [1.29, 1.82) is 0 Å². The standard InChI is InChI=1S/C6H9NO3/c1-5(10)7(2)6(3-8)4-9/h3-4,8H,1-2H3/b6-3-. The van der Waals surface area contributed by atoms with Gasteiger partial charge in [0.2, 0.25) is 5.91 Å². The molecule has 0 radical (unpaired) electrons. The molecule has 0 aromatic carbocycles. The second kappa shape index (κ2) is 3.66. The van der Waals surface area contributed by atoms with E-state index in [9.17, 15) is 9.59 Å². The van der Waals surface area contributed by atoms with Crippen LogP contribution in [-0.4, -0.2) is 29.2 Å². The van der Waals surface area contributed by atoms with Gasteiger partial charge in [-0.05, 0) is 0 Å². The summed E-state index contributed by atoms with van der Waals surface area (Å²) in [6.07, 6.45) is 0.996. The highest BCUT2D eigenvalue weighted by Gasteiger charge is 2.06. The first-order valence-electron chi connectivity index (χ1n) is 2.67. The lowest BCUT2D eigenvalue weighted by Gasteiger charge is -2.11. The quantitative estimate of drug-likeness (QED) is 0.338. The molecular formula is C6H9NO3. The molecule has 4 heteroatoms. The van der Waals surface area contributed by atoms with E-state index >= 15 is 0 Å². The van der Waals surface area contributed by atoms with E-state index in [1.165, 1.54) is 14.0 Å². The Hall–Kier alpha value is -1.32. The maximum Gasteiger partial charge on any atom is 0.223 e. The summed E-state index contributed by atoms with van der Waals surface area (Å²) in [4.78, 5) is 21.6. The summed E-state index contributed by atoms with van der Waals surface area (Å²) < 4.78 is 0. The Bertz CT molecular complexity index is 174. The normalized spacial score (nSPS) is 10.8. The molecule has 0 rings (SSSR count). The molecule has 0 aliphatic carbocycles. The molecule has 0 heterocycles. The van der Waals surface area contributed by atoms with Crippen LogP contribution in [0, 0.1) is 0 Å². The highest BCUT2D eigenvalue weighted by Crippen LogP contribution is 1.95. The summed E-state index contributed by atoms with van der Waals surface area (Å²) in [5.74, 6) is -0.299. The molecule has 0 atom stereocenters. The number of nitrogens with zero attached hydrogens (tertiary/aromatic N) is 1. The van der Waals surface area contributed by atoms with Gasteiger partial charge in [-0.15, -0.1) is 0 Å². The van der Waals surface area contributed by atoms with E-state index in [4.69, 9.17) is 5.11 Å². The van der Waals surface area contributed by atoms with Gasteiger partial charge in [-0.3, -0.25) is 9.59 Å². The molecular weight excluding hydrogens is 134 g/mol. The van der Waals surface area contributed by atoms with Gasteiger partial charge in [0.25, 0.3) is 0 Å². The minimum Gasteiger partial charge on any atom is -0.513 e. The van der Waals surface area contributed by atoms with Crippen LogP contribution in [0.15, 0.2) is 12.0 Å². The Morgan fingerprint density at radius 1 is 1.60 bits per heavy atom. The van der Waals surface area contributed by atoms with Crippen molar-refractivity contribution in [3.8, 4) is 0 Å². The van der Waals surface area contributed by atoms with Crippen LogP contribution in [-0.2, 0) is 9.59 Å². The van der Waals surface area contributed by atoms with Crippen LogP contribution in [0.2, 0.25) is 0 Å². The predicted octanol–water partition coefficient (Wildman–Crippen LogP) is 0.0630. The highest BCUT2D eigenvalue weighted by atomic mass is 16.2. The fraction of sp³-hybridized carbons (Fsp3) is 0.333. The molecule has 0 bridgehead atoms. The minimum atomic E-state index is -0.299. The molecule has 56 valence electrons. The number of likely N-dealkylation sites (N-methyl/N-ethyl adjacent to an activating group) is 1. The zero-order valence-electron chi connectivity index (χ0n) is 5.87. The van der Waals surface area contributed by atoms with Gasteiger partial charge < -0.3 is 10.0 Å². The molecule has 0 saturated heterocycles. The molecule has 0 unspecified atom stereocenters. The van der Waals surface area contributed by atoms with Crippen molar-refractivity contribution in [1.82, 2.24) is 4.90 Å². The zero-order valence-corrected chi connectivity index (χ0v) is 5.87. The smallest absolute Gasteiger partial charge is 0.223 e. The van der Waals surface area contributed by atoms with E-state index in [-0.39, 0.29) is 11.6 Å². The third-order valence-electron chi connectivity index (χ3n) is 1.11. The molecule has 0 saturated carbocycles. The Morgan fingerprint density at radius 2 is 2.10 bits per heavy atom. The molecule has 0 fully saturated rings. The Kier molecular flexibility index (Phi) is 3.17. The number of aldehydes is 1. The van der Waals surface area contributed by atoms with Crippen molar-refractivity contribution in [3.05, 3.63) is 12.0 Å². The Labute approximate surface area is 58.8 Å². The van der Waals surface area contributed by atoms with Crippen LogP contribution in [0.25, 0.3) is 0 Å². The first-order chi connectivity index (χ1) is 4.63. The van der Waals surface area contributed by atoms with Gasteiger partial charge in [0, 0.05) is 14.0 Å². The molecule has 0 aromatic heterocycles. The fourth-order valence-corrected chi connectivity index (χ4v) is 0.378. The summed E-state index contributed by atoms with van der Waals surface area (Å²) in [7, 11) is 1.40. The molecule has 0 aliphatic heterocycles. The van der Waals surface area contributed by atoms with Crippen molar-refractivity contribution in [2.45, 2.75) is 6.92 Å². The second-order valence-corrected chi connectivity index (χ2v) is 1.75. The maximum absolute atomic E-state index is 10.5. The van der Waals surface area contributed by atoms with Crippen LogP contribution in [0.3, 0.4) is 0 Å². The Balaban J connectivity index is 4.31. The van der Waals surface area contributed by atoms with E-state index in [0.717, 1.165) is 4.90 Å². The van der Waals surface area contributed by atoms with Crippen LogP contribution in [0.1, 0.15) is 6.92 Å². The topological polar surface area (TPSA) is 57.6 Å². The van der Waals surface area contributed by atoms with Gasteiger partial charge in [-0.2, -0.15) is 0 Å². The summed E-state index contributed by atoms with van der Waals surface area (Å²) in [5, 5.41) is 8.36. The van der Waals surface area contributed by atoms with E-state index in [2.05, 4.69) is 0 Å². The number of aliphatic hydroxyl groups excluding tert-OH is 1. The number of allylic oxidation sites excluding steroid dienone is 1. The number of carbonyl (C=O) groups is 2.